The topological polar surface area (TPSA) is 41.3 Å². The van der Waals surface area contributed by atoms with Gasteiger partial charge in [0.1, 0.15) is 0 Å². The molecule has 0 amide bonds. The van der Waals surface area contributed by atoms with E-state index in [0.717, 1.165) is 26.1 Å². The van der Waals surface area contributed by atoms with Gasteiger partial charge < -0.3 is 5.11 Å². The molecule has 1 aromatic heterocycles. The van der Waals surface area contributed by atoms with Gasteiger partial charge in [0.15, 0.2) is 0 Å². The second-order valence-electron chi connectivity index (χ2n) is 6.44. The lowest BCUT2D eigenvalue weighted by molar-refractivity contribution is 0.0771. The van der Waals surface area contributed by atoms with Gasteiger partial charge >= 0.3 is 0 Å². The van der Waals surface area contributed by atoms with E-state index in [0.29, 0.717) is 18.6 Å². The Morgan fingerprint density at radius 1 is 1.14 bits per heavy atom. The lowest BCUT2D eigenvalue weighted by atomic mass is 9.94. The summed E-state index contributed by atoms with van der Waals surface area (Å²) in [5.41, 5.74) is 2.52. The third-order valence-corrected chi connectivity index (χ3v) is 4.63. The van der Waals surface area contributed by atoms with Crippen LogP contribution in [0.2, 0.25) is 0 Å². The monoisotopic (exact) mass is 299 g/mol. The second kappa shape index (κ2) is 7.07. The molecule has 2 unspecified atom stereocenters. The summed E-state index contributed by atoms with van der Waals surface area (Å²) in [6.45, 7) is 5.31. The number of aliphatic hydroxyl groups is 1. The Labute approximate surface area is 132 Å². The van der Waals surface area contributed by atoms with Gasteiger partial charge in [0.2, 0.25) is 0 Å². The molecule has 1 fully saturated rings. The maximum atomic E-state index is 9.39. The maximum Gasteiger partial charge on any atom is 0.0659 e. The van der Waals surface area contributed by atoms with E-state index in [1.807, 2.05) is 16.9 Å². The van der Waals surface area contributed by atoms with Gasteiger partial charge in [-0.25, -0.2) is 0 Å². The molecule has 4 heteroatoms. The molecular formula is C18H25N3O. The van der Waals surface area contributed by atoms with Gasteiger partial charge in [-0.05, 0) is 31.2 Å². The summed E-state index contributed by atoms with van der Waals surface area (Å²) in [4.78, 5) is 2.47. The third kappa shape index (κ3) is 3.76. The molecule has 0 radical (unpaired) electrons. The van der Waals surface area contributed by atoms with Crippen molar-refractivity contribution in [2.24, 2.45) is 5.92 Å². The molecule has 3 rings (SSSR count). The third-order valence-electron chi connectivity index (χ3n) is 4.63. The lowest BCUT2D eigenvalue weighted by Crippen LogP contribution is -2.42. The van der Waals surface area contributed by atoms with Gasteiger partial charge in [0.05, 0.1) is 12.7 Å². The minimum Gasteiger partial charge on any atom is -0.396 e. The van der Waals surface area contributed by atoms with Crippen molar-refractivity contribution in [3.05, 3.63) is 53.9 Å². The Morgan fingerprint density at radius 3 is 2.73 bits per heavy atom. The standard InChI is InChI=1S/C18H25N3O/c1-15-7-8-17(14-22)10-20(15)11-18-9-19-21(13-18)12-16-5-3-2-4-6-16/h2-6,9,13,15,17,22H,7-8,10-12,14H2,1H3. The van der Waals surface area contributed by atoms with Crippen molar-refractivity contribution in [2.45, 2.75) is 38.9 Å². The fourth-order valence-corrected chi connectivity index (χ4v) is 3.21. The largest absolute Gasteiger partial charge is 0.396 e. The van der Waals surface area contributed by atoms with Crippen molar-refractivity contribution in [1.82, 2.24) is 14.7 Å². The lowest BCUT2D eigenvalue weighted by Gasteiger charge is -2.37. The molecule has 1 saturated heterocycles. The average molecular weight is 299 g/mol. The highest BCUT2D eigenvalue weighted by Crippen LogP contribution is 2.23. The summed E-state index contributed by atoms with van der Waals surface area (Å²) in [5, 5.41) is 13.9. The molecule has 0 bridgehead atoms. The minimum absolute atomic E-state index is 0.302. The number of piperidine rings is 1. The normalized spacial score (nSPS) is 22.8. The Balaban J connectivity index is 1.61. The SMILES string of the molecule is CC1CCC(CO)CN1Cc1cnn(Cc2ccccc2)c1. The highest BCUT2D eigenvalue weighted by atomic mass is 16.3. The Hall–Kier alpha value is -1.65. The number of aliphatic hydroxyl groups excluding tert-OH is 1. The average Bonchev–Trinajstić information content (AvgIpc) is 2.97. The molecule has 22 heavy (non-hydrogen) atoms. The molecule has 118 valence electrons. The van der Waals surface area contributed by atoms with E-state index in [9.17, 15) is 5.11 Å². The highest BCUT2D eigenvalue weighted by Gasteiger charge is 2.25. The zero-order valence-corrected chi connectivity index (χ0v) is 13.2. The van der Waals surface area contributed by atoms with E-state index in [4.69, 9.17) is 0 Å². The van der Waals surface area contributed by atoms with E-state index < -0.39 is 0 Å². The Bertz CT molecular complexity index is 581. The first-order chi connectivity index (χ1) is 10.7. The Morgan fingerprint density at radius 2 is 1.95 bits per heavy atom. The van der Waals surface area contributed by atoms with Crippen molar-refractivity contribution in [2.75, 3.05) is 13.2 Å². The van der Waals surface area contributed by atoms with Crippen LogP contribution in [0.3, 0.4) is 0 Å². The van der Waals surface area contributed by atoms with Crippen LogP contribution < -0.4 is 0 Å². The number of hydrogen-bond acceptors (Lipinski definition) is 3. The Kier molecular flexibility index (Phi) is 4.90. The van der Waals surface area contributed by atoms with E-state index in [1.165, 1.54) is 17.5 Å². The van der Waals surface area contributed by atoms with Crippen LogP contribution in [0.25, 0.3) is 0 Å². The quantitative estimate of drug-likeness (QED) is 0.922. The van der Waals surface area contributed by atoms with E-state index in [2.05, 4.69) is 47.4 Å². The zero-order valence-electron chi connectivity index (χ0n) is 13.2. The molecule has 1 N–H and O–H groups in total. The van der Waals surface area contributed by atoms with Crippen LogP contribution in [0.5, 0.6) is 0 Å². The first-order valence-corrected chi connectivity index (χ1v) is 8.14. The number of benzene rings is 1. The fraction of sp³-hybridized carbons (Fsp3) is 0.500. The van der Waals surface area contributed by atoms with Crippen molar-refractivity contribution >= 4 is 0 Å². The molecule has 1 aliphatic heterocycles. The van der Waals surface area contributed by atoms with Gasteiger partial charge in [-0.2, -0.15) is 5.10 Å². The van der Waals surface area contributed by atoms with Crippen LogP contribution in [-0.2, 0) is 13.1 Å². The zero-order chi connectivity index (χ0) is 15.4. The van der Waals surface area contributed by atoms with Gasteiger partial charge in [-0.15, -0.1) is 0 Å². The second-order valence-corrected chi connectivity index (χ2v) is 6.44. The number of likely N-dealkylation sites (tertiary alicyclic amines) is 1. The van der Waals surface area contributed by atoms with Gasteiger partial charge in [-0.3, -0.25) is 9.58 Å². The van der Waals surface area contributed by atoms with Gasteiger partial charge in [-0.1, -0.05) is 30.3 Å². The van der Waals surface area contributed by atoms with Crippen LogP contribution in [-0.4, -0.2) is 39.0 Å². The van der Waals surface area contributed by atoms with E-state index in [-0.39, 0.29) is 0 Å². The van der Waals surface area contributed by atoms with Crippen LogP contribution >= 0.6 is 0 Å². The molecule has 1 aromatic carbocycles. The maximum absolute atomic E-state index is 9.39. The number of aromatic nitrogens is 2. The summed E-state index contributed by atoms with van der Waals surface area (Å²) in [6, 6.07) is 11.0. The van der Waals surface area contributed by atoms with Gasteiger partial charge in [0, 0.05) is 37.5 Å². The van der Waals surface area contributed by atoms with Crippen LogP contribution in [0.4, 0.5) is 0 Å². The summed E-state index contributed by atoms with van der Waals surface area (Å²) >= 11 is 0. The molecule has 1 aliphatic rings. The molecule has 0 saturated carbocycles. The molecule has 0 aliphatic carbocycles. The first-order valence-electron chi connectivity index (χ1n) is 8.14. The van der Waals surface area contributed by atoms with Crippen molar-refractivity contribution < 1.29 is 5.11 Å². The fourth-order valence-electron chi connectivity index (χ4n) is 3.21. The predicted molar refractivity (Wildman–Crippen MR) is 87.5 cm³/mol. The summed E-state index contributed by atoms with van der Waals surface area (Å²) in [7, 11) is 0. The molecular weight excluding hydrogens is 274 g/mol. The number of hydrogen-bond donors (Lipinski definition) is 1. The summed E-state index contributed by atoms with van der Waals surface area (Å²) in [6.07, 6.45) is 6.42. The van der Waals surface area contributed by atoms with E-state index in [1.54, 1.807) is 0 Å². The summed E-state index contributed by atoms with van der Waals surface area (Å²) < 4.78 is 2.00. The molecule has 2 heterocycles. The first kappa shape index (κ1) is 15.3. The summed E-state index contributed by atoms with van der Waals surface area (Å²) in [5.74, 6) is 0.426. The molecule has 0 spiro atoms. The smallest absolute Gasteiger partial charge is 0.0659 e. The highest BCUT2D eigenvalue weighted by molar-refractivity contribution is 5.15. The predicted octanol–water partition coefficient (Wildman–Crippen LogP) is 2.52. The van der Waals surface area contributed by atoms with Crippen molar-refractivity contribution in [1.29, 1.82) is 0 Å². The number of nitrogens with zero attached hydrogens (tertiary/aromatic N) is 3. The van der Waals surface area contributed by atoms with Gasteiger partial charge in [0.25, 0.3) is 0 Å². The molecule has 4 nitrogen and oxygen atoms in total. The van der Waals surface area contributed by atoms with Crippen LogP contribution in [0.15, 0.2) is 42.7 Å². The van der Waals surface area contributed by atoms with Crippen molar-refractivity contribution in [3.63, 3.8) is 0 Å². The van der Waals surface area contributed by atoms with Crippen LogP contribution in [0.1, 0.15) is 30.9 Å². The van der Waals surface area contributed by atoms with Crippen molar-refractivity contribution in [3.8, 4) is 0 Å². The van der Waals surface area contributed by atoms with Crippen LogP contribution in [0, 0.1) is 5.92 Å². The number of rotatable bonds is 5. The molecule has 2 atom stereocenters. The molecule has 2 aromatic rings. The minimum atomic E-state index is 0.302. The van der Waals surface area contributed by atoms with E-state index >= 15 is 0 Å².